The number of fused-ring (bicyclic) bond motifs is 4. The van der Waals surface area contributed by atoms with Gasteiger partial charge in [-0.05, 0) is 150 Å². The van der Waals surface area contributed by atoms with E-state index in [1.807, 2.05) is 49.2 Å². The first-order valence-electron chi connectivity index (χ1n) is 29.8. The van der Waals surface area contributed by atoms with E-state index in [0.29, 0.717) is 11.6 Å². The second-order valence-electron chi connectivity index (χ2n) is 25.9. The molecule has 5 aromatic carbocycles. The number of nitrogens with zero attached hydrogens (tertiary/aromatic N) is 5. The molecule has 0 bridgehead atoms. The standard InChI is InChI=1S/C75H76B2N7O.Pt/c1-49(2)56-23-20-24-57(50(3)4)71(56)64-45-54(46-70(81-64)85-55-30-31-58-59-41-51(73(5,6)7)29-32-65(59)84(68(58)47-55)69-44-52(33-40-80-69)74(8,9)10)82-48-83(67-28-15-14-27-66(67)82)72-60(62-25-21-38-78-36-18-16-34-76-62)42-53(75(11,12)13)43-61(72)63-26-22-39-79-37-19-17-35-77-63;/h14-45,48-50,78-79H,1-13H3;/q-3;/b34-16-,35-17-,36-18-,37-19-,38-21-,39-22-,62-25-,63-26-;. The third-order valence-corrected chi connectivity index (χ3v) is 16.0. The summed E-state index contributed by atoms with van der Waals surface area (Å²) in [4.78, 5) is 15.1. The van der Waals surface area contributed by atoms with Crippen LogP contribution in [-0.2, 0) is 37.3 Å². The molecule has 0 spiro atoms. The molecule has 11 rings (SSSR count). The Kier molecular flexibility index (Phi) is 17.8. The fourth-order valence-electron chi connectivity index (χ4n) is 11.3. The van der Waals surface area contributed by atoms with E-state index < -0.39 is 0 Å². The SMILES string of the molecule is CC(C)c1cccc(C(C)C)c1-c1cc(N2[CH-]N(c3c(/C4=C/C=C\N/C=C\C=C/[B]4)cc(C(C)(C)C)cc3/C3=C/C=C\N/C=C\C=C/[B]3)c3ccccc32)[c-]c(Oc2[c-]c3c(cc2)c2cc(C(C)(C)C)ccc2n3-c2cc(C(C)(C)C)ccn2)n1.[Pt]. The normalized spacial score (nSPS) is 18.0. The summed E-state index contributed by atoms with van der Waals surface area (Å²) in [6.07, 6.45) is 26.3. The van der Waals surface area contributed by atoms with Crippen LogP contribution in [0, 0.1) is 18.8 Å². The molecule has 0 unspecified atom stereocenters. The number of aromatic nitrogens is 3. The van der Waals surface area contributed by atoms with E-state index in [-0.39, 0.29) is 49.1 Å². The van der Waals surface area contributed by atoms with E-state index in [4.69, 9.17) is 14.7 Å². The molecule has 8 aromatic rings. The predicted octanol–water partition coefficient (Wildman–Crippen LogP) is 18.6. The maximum atomic E-state index is 7.14. The molecule has 2 radical (unpaired) electrons. The van der Waals surface area contributed by atoms with Crippen LogP contribution in [-0.4, -0.2) is 29.1 Å². The van der Waals surface area contributed by atoms with Crippen LogP contribution in [0.1, 0.15) is 141 Å². The van der Waals surface area contributed by atoms with Crippen molar-refractivity contribution in [3.63, 3.8) is 0 Å². The van der Waals surface area contributed by atoms with Gasteiger partial charge in [-0.15, -0.1) is 36.1 Å². The van der Waals surface area contributed by atoms with Gasteiger partial charge >= 0.3 is 0 Å². The number of hydrogen-bond donors (Lipinski definition) is 2. The van der Waals surface area contributed by atoms with E-state index in [1.54, 1.807) is 0 Å². The molecule has 2 N–H and O–H groups in total. The molecule has 11 heteroatoms. The van der Waals surface area contributed by atoms with Crippen molar-refractivity contribution in [1.29, 1.82) is 0 Å². The first-order chi connectivity index (χ1) is 40.7. The average molecular weight is 1310 g/mol. The number of rotatable bonds is 10. The molecule has 6 heterocycles. The molecule has 0 aliphatic carbocycles. The summed E-state index contributed by atoms with van der Waals surface area (Å²) in [7, 11) is 4.41. The Morgan fingerprint density at radius 1 is 0.570 bits per heavy atom. The van der Waals surface area contributed by atoms with Gasteiger partial charge in [0.2, 0.25) is 0 Å². The van der Waals surface area contributed by atoms with Crippen molar-refractivity contribution in [2.45, 2.75) is 118 Å². The molecular weight excluding hydrogens is 1230 g/mol. The van der Waals surface area contributed by atoms with Crippen molar-refractivity contribution >= 4 is 70.1 Å². The van der Waals surface area contributed by atoms with Crippen molar-refractivity contribution in [1.82, 2.24) is 25.2 Å². The third kappa shape index (κ3) is 12.7. The maximum absolute atomic E-state index is 7.14. The quantitative estimate of drug-likeness (QED) is 0.104. The average Bonchev–Trinajstić information content (AvgIpc) is 1.68. The summed E-state index contributed by atoms with van der Waals surface area (Å²) in [6, 6.07) is 45.1. The van der Waals surface area contributed by atoms with Gasteiger partial charge in [-0.25, -0.2) is 4.98 Å². The Balaban J connectivity index is 0.00000820. The number of allylic oxidation sites excluding steroid dienone is 8. The monoisotopic (exact) mass is 1310 g/mol. The third-order valence-electron chi connectivity index (χ3n) is 16.0. The zero-order valence-electron chi connectivity index (χ0n) is 51.8. The van der Waals surface area contributed by atoms with Crippen LogP contribution in [0.2, 0.25) is 0 Å². The van der Waals surface area contributed by atoms with E-state index in [0.717, 1.165) is 83.7 Å². The fourth-order valence-corrected chi connectivity index (χ4v) is 11.3. The number of ether oxygens (including phenoxy) is 1. The minimum Gasteiger partial charge on any atom is -0.503 e. The first-order valence-corrected chi connectivity index (χ1v) is 29.8. The van der Waals surface area contributed by atoms with Gasteiger partial charge < -0.3 is 29.7 Å². The van der Waals surface area contributed by atoms with Crippen LogP contribution in [0.3, 0.4) is 0 Å². The summed E-state index contributed by atoms with van der Waals surface area (Å²) in [6.45, 7) is 31.6. The van der Waals surface area contributed by atoms with Crippen molar-refractivity contribution in [2.75, 3.05) is 9.80 Å². The van der Waals surface area contributed by atoms with Crippen LogP contribution in [0.25, 0.3) is 49.8 Å². The number of anilines is 4. The van der Waals surface area contributed by atoms with Gasteiger partial charge in [0.1, 0.15) is 11.7 Å². The van der Waals surface area contributed by atoms with Crippen molar-refractivity contribution < 1.29 is 25.8 Å². The van der Waals surface area contributed by atoms with Crippen LogP contribution in [0.4, 0.5) is 22.7 Å². The largest absolute Gasteiger partial charge is 0.503 e. The number of hydrogen-bond acceptors (Lipinski definition) is 7. The van der Waals surface area contributed by atoms with Gasteiger partial charge in [0.05, 0.1) is 0 Å². The van der Waals surface area contributed by atoms with E-state index in [1.165, 1.54) is 27.8 Å². The molecule has 3 aliphatic rings. The van der Waals surface area contributed by atoms with E-state index in [2.05, 4.69) is 294 Å². The zero-order chi connectivity index (χ0) is 59.8. The Morgan fingerprint density at radius 2 is 1.15 bits per heavy atom. The topological polar surface area (TPSA) is 70.5 Å². The summed E-state index contributed by atoms with van der Waals surface area (Å²) >= 11 is 0. The Bertz CT molecular complexity index is 4010. The number of nitrogens with one attached hydrogen (secondary N) is 2. The van der Waals surface area contributed by atoms with Gasteiger partial charge in [-0.2, -0.15) is 23.9 Å². The molecule has 8 nitrogen and oxygen atoms in total. The molecule has 0 amide bonds. The second-order valence-corrected chi connectivity index (χ2v) is 25.9. The number of para-hydroxylation sites is 2. The second kappa shape index (κ2) is 25.1. The fraction of sp³-hybridized carbons (Fsp3) is 0.240. The molecule has 3 aromatic heterocycles. The Hall–Kier alpha value is -8.06. The number of benzene rings is 5. The predicted molar refractivity (Wildman–Crippen MR) is 360 cm³/mol. The summed E-state index contributed by atoms with van der Waals surface area (Å²) in [5.41, 5.74) is 17.6. The van der Waals surface area contributed by atoms with Crippen molar-refractivity contribution in [3.8, 4) is 28.7 Å². The Labute approximate surface area is 526 Å². The molecule has 86 heavy (non-hydrogen) atoms. The van der Waals surface area contributed by atoms with E-state index in [9.17, 15) is 0 Å². The minimum atomic E-state index is -0.192. The van der Waals surface area contributed by atoms with Crippen molar-refractivity contribution in [2.24, 2.45) is 0 Å². The Morgan fingerprint density at radius 3 is 1.74 bits per heavy atom. The van der Waals surface area contributed by atoms with Gasteiger partial charge in [0.15, 0.2) is 14.6 Å². The van der Waals surface area contributed by atoms with Crippen LogP contribution < -0.4 is 25.2 Å². The van der Waals surface area contributed by atoms with Gasteiger partial charge in [-0.3, -0.25) is 4.98 Å². The van der Waals surface area contributed by atoms with Crippen LogP contribution in [0.15, 0.2) is 195 Å². The summed E-state index contributed by atoms with van der Waals surface area (Å²) < 4.78 is 9.37. The summed E-state index contributed by atoms with van der Waals surface area (Å²) in [5.74, 6) is 6.31. The number of pyridine rings is 2. The van der Waals surface area contributed by atoms with Gasteiger partial charge in [0, 0.05) is 80.4 Å². The van der Waals surface area contributed by atoms with Crippen molar-refractivity contribution in [3.05, 3.63) is 252 Å². The van der Waals surface area contributed by atoms with E-state index >= 15 is 0 Å². The molecular formula is C75H76B2N7OPt-3. The van der Waals surface area contributed by atoms with Gasteiger partial charge in [0.25, 0.3) is 0 Å². The molecule has 0 fully saturated rings. The van der Waals surface area contributed by atoms with Crippen LogP contribution >= 0.6 is 0 Å². The molecule has 3 aliphatic heterocycles. The smallest absolute Gasteiger partial charge is 0.182 e. The molecule has 0 atom stereocenters. The van der Waals surface area contributed by atoms with Crippen LogP contribution in [0.5, 0.6) is 11.6 Å². The maximum Gasteiger partial charge on any atom is 0.182 e. The van der Waals surface area contributed by atoms with Gasteiger partial charge in [-0.1, -0.05) is 173 Å². The molecule has 436 valence electrons. The first kappa shape index (κ1) is 61.0. The summed E-state index contributed by atoms with van der Waals surface area (Å²) in [5, 5.41) is 8.77. The zero-order valence-corrected chi connectivity index (χ0v) is 54.1. The minimum absolute atomic E-state index is 0. The molecule has 0 saturated carbocycles. The molecule has 0 saturated heterocycles.